The van der Waals surface area contributed by atoms with Crippen LogP contribution in [0.25, 0.3) is 0 Å². The van der Waals surface area contributed by atoms with Crippen LogP contribution >= 0.6 is 27.3 Å². The van der Waals surface area contributed by atoms with E-state index in [-0.39, 0.29) is 23.8 Å². The fourth-order valence-electron chi connectivity index (χ4n) is 3.91. The van der Waals surface area contributed by atoms with Gasteiger partial charge in [-0.1, -0.05) is 34.1 Å². The van der Waals surface area contributed by atoms with Gasteiger partial charge in [0.2, 0.25) is 5.91 Å². The van der Waals surface area contributed by atoms with Crippen LogP contribution in [0.4, 0.5) is 0 Å². The second kappa shape index (κ2) is 8.76. The van der Waals surface area contributed by atoms with Gasteiger partial charge in [-0.25, -0.2) is 0 Å². The van der Waals surface area contributed by atoms with Gasteiger partial charge in [-0.3, -0.25) is 9.59 Å². The van der Waals surface area contributed by atoms with Gasteiger partial charge in [0.15, 0.2) is 0 Å². The van der Waals surface area contributed by atoms with Gasteiger partial charge >= 0.3 is 0 Å². The van der Waals surface area contributed by atoms with Crippen molar-refractivity contribution in [1.82, 2.24) is 9.80 Å². The number of thiophene rings is 1. The third kappa shape index (κ3) is 4.31. The van der Waals surface area contributed by atoms with Crippen molar-refractivity contribution in [3.8, 4) is 0 Å². The van der Waals surface area contributed by atoms with Crippen molar-refractivity contribution in [2.24, 2.45) is 5.92 Å². The number of ether oxygens (including phenoxy) is 1. The summed E-state index contributed by atoms with van der Waals surface area (Å²) in [7, 11) is 0. The molecule has 2 saturated heterocycles. The van der Waals surface area contributed by atoms with Gasteiger partial charge in [0.25, 0.3) is 5.91 Å². The molecule has 2 fully saturated rings. The van der Waals surface area contributed by atoms with Crippen LogP contribution < -0.4 is 0 Å². The van der Waals surface area contributed by atoms with Crippen molar-refractivity contribution in [3.63, 3.8) is 0 Å². The zero-order valence-corrected chi connectivity index (χ0v) is 18.0. The molecule has 4 rings (SSSR count). The monoisotopic (exact) mass is 462 g/mol. The molecule has 2 atom stereocenters. The summed E-state index contributed by atoms with van der Waals surface area (Å²) in [5.74, 6) is 0.0673. The van der Waals surface area contributed by atoms with Crippen molar-refractivity contribution >= 4 is 39.1 Å². The minimum absolute atomic E-state index is 0.0437. The molecule has 0 N–H and O–H groups in total. The van der Waals surface area contributed by atoms with Crippen molar-refractivity contribution < 1.29 is 14.3 Å². The number of amides is 2. The Kier molecular flexibility index (Phi) is 6.13. The van der Waals surface area contributed by atoms with Gasteiger partial charge in [0.05, 0.1) is 23.9 Å². The molecule has 1 aromatic carbocycles. The number of hydrogen-bond donors (Lipinski definition) is 0. The van der Waals surface area contributed by atoms with Crippen LogP contribution in [0, 0.1) is 5.92 Å². The average molecular weight is 463 g/mol. The summed E-state index contributed by atoms with van der Waals surface area (Å²) in [6, 6.07) is 11.8. The molecule has 2 aliphatic heterocycles. The summed E-state index contributed by atoms with van der Waals surface area (Å²) in [6.45, 7) is 2.95. The zero-order valence-electron chi connectivity index (χ0n) is 15.6. The standard InChI is InChI=1S/C21H23BrN2O3S/c22-17-7-5-15(6-8-17)18-14-24(10-11-27-18)20(25)16-3-1-9-23(13-16)21(26)19-4-2-12-28-19/h2,4-8,12,16,18H,1,3,9-11,13-14H2. The van der Waals surface area contributed by atoms with Gasteiger partial charge in [-0.2, -0.15) is 0 Å². The lowest BCUT2D eigenvalue weighted by Crippen LogP contribution is -2.50. The Morgan fingerprint density at radius 2 is 1.89 bits per heavy atom. The number of hydrogen-bond acceptors (Lipinski definition) is 4. The van der Waals surface area contributed by atoms with Gasteiger partial charge in [0.1, 0.15) is 6.10 Å². The van der Waals surface area contributed by atoms with Crippen LogP contribution in [-0.4, -0.2) is 54.4 Å². The predicted molar refractivity (Wildman–Crippen MR) is 112 cm³/mol. The van der Waals surface area contributed by atoms with E-state index in [1.54, 1.807) is 0 Å². The van der Waals surface area contributed by atoms with Gasteiger partial charge < -0.3 is 14.5 Å². The molecule has 2 aromatic rings. The highest BCUT2D eigenvalue weighted by atomic mass is 79.9. The maximum Gasteiger partial charge on any atom is 0.263 e. The first-order chi connectivity index (χ1) is 13.6. The largest absolute Gasteiger partial charge is 0.370 e. The van der Waals surface area contributed by atoms with Crippen LogP contribution in [0.3, 0.4) is 0 Å². The third-order valence-electron chi connectivity index (χ3n) is 5.41. The molecular formula is C21H23BrN2O3S. The summed E-state index contributed by atoms with van der Waals surface area (Å²) in [6.07, 6.45) is 1.61. The van der Waals surface area contributed by atoms with Crippen molar-refractivity contribution in [2.45, 2.75) is 18.9 Å². The molecule has 7 heteroatoms. The lowest BCUT2D eigenvalue weighted by molar-refractivity contribution is -0.144. The number of piperidine rings is 1. The van der Waals surface area contributed by atoms with E-state index in [4.69, 9.17) is 4.74 Å². The zero-order chi connectivity index (χ0) is 19.5. The first-order valence-corrected chi connectivity index (χ1v) is 11.3. The minimum atomic E-state index is -0.124. The maximum absolute atomic E-state index is 13.2. The Balaban J connectivity index is 1.40. The molecule has 2 amide bonds. The molecule has 148 valence electrons. The first kappa shape index (κ1) is 19.6. The molecule has 0 radical (unpaired) electrons. The fraction of sp³-hybridized carbons (Fsp3) is 0.429. The van der Waals surface area contributed by atoms with Crippen molar-refractivity contribution in [2.75, 3.05) is 32.8 Å². The second-order valence-corrected chi connectivity index (χ2v) is 9.13. The SMILES string of the molecule is O=C(c1cccs1)N1CCCC(C(=O)N2CCOC(c3ccc(Br)cc3)C2)C1. The summed E-state index contributed by atoms with van der Waals surface area (Å²) in [4.78, 5) is 30.3. The Hall–Kier alpha value is -1.70. The van der Waals surface area contributed by atoms with E-state index in [1.807, 2.05) is 51.6 Å². The summed E-state index contributed by atoms with van der Waals surface area (Å²) in [5, 5.41) is 1.91. The van der Waals surface area contributed by atoms with E-state index < -0.39 is 0 Å². The molecule has 28 heavy (non-hydrogen) atoms. The lowest BCUT2D eigenvalue weighted by Gasteiger charge is -2.38. The summed E-state index contributed by atoms with van der Waals surface area (Å²) in [5.41, 5.74) is 1.08. The number of carbonyl (C=O) groups excluding carboxylic acids is 2. The number of benzene rings is 1. The smallest absolute Gasteiger partial charge is 0.263 e. The second-order valence-electron chi connectivity index (χ2n) is 7.26. The highest BCUT2D eigenvalue weighted by Gasteiger charge is 2.34. The first-order valence-electron chi connectivity index (χ1n) is 9.60. The molecule has 5 nitrogen and oxygen atoms in total. The Morgan fingerprint density at radius 3 is 2.64 bits per heavy atom. The Morgan fingerprint density at radius 1 is 1.07 bits per heavy atom. The molecule has 0 spiro atoms. The van der Waals surface area contributed by atoms with E-state index in [0.717, 1.165) is 34.3 Å². The molecule has 1 aromatic heterocycles. The Bertz CT molecular complexity index is 825. The highest BCUT2D eigenvalue weighted by Crippen LogP contribution is 2.27. The van der Waals surface area contributed by atoms with Crippen LogP contribution in [0.15, 0.2) is 46.3 Å². The number of nitrogens with zero attached hydrogens (tertiary/aromatic N) is 2. The summed E-state index contributed by atoms with van der Waals surface area (Å²) >= 11 is 4.91. The van der Waals surface area contributed by atoms with Crippen molar-refractivity contribution in [3.05, 3.63) is 56.7 Å². The summed E-state index contributed by atoms with van der Waals surface area (Å²) < 4.78 is 6.93. The highest BCUT2D eigenvalue weighted by molar-refractivity contribution is 9.10. The van der Waals surface area contributed by atoms with Crippen molar-refractivity contribution in [1.29, 1.82) is 0 Å². The van der Waals surface area contributed by atoms with Crippen LogP contribution in [-0.2, 0) is 9.53 Å². The van der Waals surface area contributed by atoms with Gasteiger partial charge in [-0.15, -0.1) is 11.3 Å². The van der Waals surface area contributed by atoms with Crippen LogP contribution in [0.2, 0.25) is 0 Å². The Labute approximate surface area is 177 Å². The fourth-order valence-corrected chi connectivity index (χ4v) is 4.86. The molecule has 0 aliphatic carbocycles. The average Bonchev–Trinajstić information content (AvgIpc) is 3.28. The topological polar surface area (TPSA) is 49.9 Å². The van der Waals surface area contributed by atoms with E-state index in [1.165, 1.54) is 11.3 Å². The maximum atomic E-state index is 13.2. The number of morpholine rings is 1. The van der Waals surface area contributed by atoms with E-state index >= 15 is 0 Å². The number of likely N-dealkylation sites (tertiary alicyclic amines) is 1. The van der Waals surface area contributed by atoms with E-state index in [9.17, 15) is 9.59 Å². The minimum Gasteiger partial charge on any atom is -0.370 e. The van der Waals surface area contributed by atoms with Crippen LogP contribution in [0.1, 0.15) is 34.2 Å². The molecule has 0 bridgehead atoms. The quantitative estimate of drug-likeness (QED) is 0.693. The van der Waals surface area contributed by atoms with E-state index in [0.29, 0.717) is 26.2 Å². The molecule has 2 aliphatic rings. The molecular weight excluding hydrogens is 440 g/mol. The lowest BCUT2D eigenvalue weighted by atomic mass is 9.95. The van der Waals surface area contributed by atoms with Gasteiger partial charge in [-0.05, 0) is 42.0 Å². The number of carbonyl (C=O) groups is 2. The number of rotatable bonds is 3. The van der Waals surface area contributed by atoms with Gasteiger partial charge in [0, 0.05) is 24.1 Å². The predicted octanol–water partition coefficient (Wildman–Crippen LogP) is 3.96. The van der Waals surface area contributed by atoms with Crippen LogP contribution in [0.5, 0.6) is 0 Å². The molecule has 0 saturated carbocycles. The normalized spacial score (nSPS) is 22.9. The third-order valence-corrected chi connectivity index (χ3v) is 6.80. The molecule has 2 unspecified atom stereocenters. The number of halogens is 1. The van der Waals surface area contributed by atoms with E-state index in [2.05, 4.69) is 15.9 Å². The molecule has 3 heterocycles.